The quantitative estimate of drug-likeness (QED) is 0.346. The van der Waals surface area contributed by atoms with E-state index in [0.717, 1.165) is 0 Å². The van der Waals surface area contributed by atoms with Gasteiger partial charge < -0.3 is 0 Å². The third-order valence-corrected chi connectivity index (χ3v) is 5.91. The van der Waals surface area contributed by atoms with Crippen LogP contribution in [0.4, 0.5) is 0 Å². The van der Waals surface area contributed by atoms with Crippen molar-refractivity contribution in [3.63, 3.8) is 0 Å². The van der Waals surface area contributed by atoms with Crippen LogP contribution in [0.3, 0.4) is 0 Å². The van der Waals surface area contributed by atoms with E-state index in [4.69, 9.17) is 0 Å². The Morgan fingerprint density at radius 2 is 0.774 bits per heavy atom. The van der Waals surface area contributed by atoms with Crippen LogP contribution in [0.15, 0.2) is 84.9 Å². The predicted octanol–water partition coefficient (Wildman–Crippen LogP) is 8.34. The van der Waals surface area contributed by atoms with E-state index in [-0.39, 0.29) is 20.7 Å². The number of aryl methyl sites for hydroxylation is 2. The van der Waals surface area contributed by atoms with E-state index in [2.05, 4.69) is 139 Å². The normalized spacial score (nSPS) is 12.3. The lowest BCUT2D eigenvalue weighted by molar-refractivity contribution is 0.671. The molecule has 0 aliphatic rings. The lowest BCUT2D eigenvalue weighted by Crippen LogP contribution is -2.13. The van der Waals surface area contributed by atoms with E-state index >= 15 is 0 Å². The molecule has 0 heterocycles. The lowest BCUT2D eigenvalue weighted by atomic mass is 9.82. The molecule has 0 amide bonds. The van der Waals surface area contributed by atoms with E-state index in [1.807, 2.05) is 0 Å². The molecule has 0 bridgehead atoms. The summed E-state index contributed by atoms with van der Waals surface area (Å²) in [5.41, 5.74) is 7.71. The Hall–Kier alpha value is -2.43. The van der Waals surface area contributed by atoms with Crippen LogP contribution in [0.1, 0.15) is 61.1 Å². The summed E-state index contributed by atoms with van der Waals surface area (Å²) < 4.78 is 0. The van der Waals surface area contributed by atoms with E-state index in [1.165, 1.54) is 33.4 Å². The summed E-state index contributed by atoms with van der Waals surface area (Å²) >= 11 is 0. The largest absolute Gasteiger partial charge is 0.153 e. The SMILES string of the molecule is Cc1ccc(/C=C/C(C)(C)c2ccc(/C=C/C(C)(C)c3ccc(C)cc3)cc2)cc1.P. The topological polar surface area (TPSA) is 0 Å². The van der Waals surface area contributed by atoms with Gasteiger partial charge in [0.25, 0.3) is 0 Å². The van der Waals surface area contributed by atoms with Gasteiger partial charge in [0.05, 0.1) is 0 Å². The lowest BCUT2D eigenvalue weighted by Gasteiger charge is -2.22. The van der Waals surface area contributed by atoms with Gasteiger partial charge in [-0.1, -0.05) is 136 Å². The van der Waals surface area contributed by atoms with Crippen LogP contribution >= 0.6 is 9.90 Å². The Morgan fingerprint density at radius 1 is 0.484 bits per heavy atom. The Morgan fingerprint density at radius 3 is 1.16 bits per heavy atom. The van der Waals surface area contributed by atoms with Crippen molar-refractivity contribution in [1.29, 1.82) is 0 Å². The van der Waals surface area contributed by atoms with Gasteiger partial charge in [-0.05, 0) is 36.1 Å². The molecule has 1 unspecified atom stereocenters. The van der Waals surface area contributed by atoms with Crippen LogP contribution in [0.2, 0.25) is 0 Å². The first kappa shape index (κ1) is 24.8. The molecule has 0 N–H and O–H groups in total. The molecule has 3 rings (SSSR count). The molecule has 0 aromatic heterocycles. The van der Waals surface area contributed by atoms with Gasteiger partial charge in [0.15, 0.2) is 0 Å². The van der Waals surface area contributed by atoms with Crippen molar-refractivity contribution in [1.82, 2.24) is 0 Å². The molecule has 162 valence electrons. The molecule has 0 spiro atoms. The van der Waals surface area contributed by atoms with Gasteiger partial charge in [0.1, 0.15) is 0 Å². The van der Waals surface area contributed by atoms with Gasteiger partial charge in [-0.15, -0.1) is 0 Å². The average Bonchev–Trinajstić information content (AvgIpc) is 2.73. The van der Waals surface area contributed by atoms with Crippen LogP contribution < -0.4 is 0 Å². The third kappa shape index (κ3) is 6.78. The van der Waals surface area contributed by atoms with E-state index in [1.54, 1.807) is 0 Å². The molecule has 1 atom stereocenters. The summed E-state index contributed by atoms with van der Waals surface area (Å²) in [6.07, 6.45) is 9.05. The minimum Gasteiger partial charge on any atom is -0.153 e. The van der Waals surface area contributed by atoms with Crippen LogP contribution in [0.5, 0.6) is 0 Å². The van der Waals surface area contributed by atoms with Crippen molar-refractivity contribution in [3.8, 4) is 0 Å². The Kier molecular flexibility index (Phi) is 8.21. The summed E-state index contributed by atoms with van der Waals surface area (Å²) in [4.78, 5) is 0. The van der Waals surface area contributed by atoms with Gasteiger partial charge in [-0.25, -0.2) is 0 Å². The number of allylic oxidation sites excluding steroid dienone is 2. The number of benzene rings is 3. The van der Waals surface area contributed by atoms with Gasteiger partial charge in [0.2, 0.25) is 0 Å². The molecule has 0 saturated heterocycles. The highest BCUT2D eigenvalue weighted by Crippen LogP contribution is 2.28. The molecule has 3 aromatic rings. The molecule has 0 fully saturated rings. The van der Waals surface area contributed by atoms with Gasteiger partial charge in [-0.3, -0.25) is 0 Å². The maximum absolute atomic E-state index is 2.30. The summed E-state index contributed by atoms with van der Waals surface area (Å²) in [6, 6.07) is 26.4. The first-order valence-electron chi connectivity index (χ1n) is 10.8. The Balaban J connectivity index is 0.00000341. The van der Waals surface area contributed by atoms with Crippen molar-refractivity contribution in [3.05, 3.63) is 118 Å². The van der Waals surface area contributed by atoms with Crippen molar-refractivity contribution >= 4 is 22.1 Å². The fourth-order valence-corrected chi connectivity index (χ4v) is 3.49. The summed E-state index contributed by atoms with van der Waals surface area (Å²) in [5.74, 6) is 0. The van der Waals surface area contributed by atoms with Crippen molar-refractivity contribution in [2.75, 3.05) is 0 Å². The fraction of sp³-hybridized carbons (Fsp3) is 0.267. The smallest absolute Gasteiger partial charge is 0.00786 e. The average molecular weight is 429 g/mol. The van der Waals surface area contributed by atoms with E-state index < -0.39 is 0 Å². The molecule has 0 aliphatic carbocycles. The van der Waals surface area contributed by atoms with E-state index in [0.29, 0.717) is 0 Å². The third-order valence-electron chi connectivity index (χ3n) is 5.91. The summed E-state index contributed by atoms with van der Waals surface area (Å²) in [6.45, 7) is 13.3. The maximum Gasteiger partial charge on any atom is 0.00786 e. The van der Waals surface area contributed by atoms with Crippen LogP contribution in [0.25, 0.3) is 12.2 Å². The molecule has 1 heteroatoms. The van der Waals surface area contributed by atoms with Crippen molar-refractivity contribution in [2.45, 2.75) is 52.4 Å². The van der Waals surface area contributed by atoms with Gasteiger partial charge in [0, 0.05) is 10.8 Å². The minimum atomic E-state index is -0.0195. The highest BCUT2D eigenvalue weighted by molar-refractivity contribution is 6.92. The van der Waals surface area contributed by atoms with Crippen LogP contribution in [-0.2, 0) is 10.8 Å². The molecule has 0 radical (unpaired) electrons. The highest BCUT2D eigenvalue weighted by atomic mass is 31.0. The van der Waals surface area contributed by atoms with Gasteiger partial charge >= 0.3 is 0 Å². The van der Waals surface area contributed by atoms with Crippen molar-refractivity contribution < 1.29 is 0 Å². The maximum atomic E-state index is 2.30. The molecule has 31 heavy (non-hydrogen) atoms. The molecule has 0 aliphatic heterocycles. The molecule has 0 nitrogen and oxygen atoms in total. The second-order valence-electron chi connectivity index (χ2n) is 9.51. The van der Waals surface area contributed by atoms with Crippen LogP contribution in [0, 0.1) is 13.8 Å². The zero-order valence-corrected chi connectivity index (χ0v) is 21.4. The monoisotopic (exact) mass is 428 g/mol. The Labute approximate surface area is 192 Å². The zero-order chi connectivity index (χ0) is 21.8. The second kappa shape index (κ2) is 10.3. The van der Waals surface area contributed by atoms with Gasteiger partial charge in [-0.2, -0.15) is 9.90 Å². The first-order valence-corrected chi connectivity index (χ1v) is 10.8. The standard InChI is InChI=1S/C30H34.H3P/c1-23-7-11-25(12-8-23)19-21-30(5,6)28-17-13-26(14-18-28)20-22-29(3,4)27-15-9-24(2)10-16-27;/h7-22H,1-6H3;1H3/b21-19+,22-20+;. The van der Waals surface area contributed by atoms with E-state index in [9.17, 15) is 0 Å². The predicted molar refractivity (Wildman–Crippen MR) is 144 cm³/mol. The second-order valence-corrected chi connectivity index (χ2v) is 9.51. The Bertz CT molecular complexity index is 1020. The first-order chi connectivity index (χ1) is 14.2. The fourth-order valence-electron chi connectivity index (χ4n) is 3.49. The minimum absolute atomic E-state index is 0. The van der Waals surface area contributed by atoms with Crippen molar-refractivity contribution in [2.24, 2.45) is 0 Å². The number of hydrogen-bond acceptors (Lipinski definition) is 0. The molecular formula is C30H37P. The number of rotatable bonds is 6. The molecule has 0 saturated carbocycles. The zero-order valence-electron chi connectivity index (χ0n) is 19.9. The summed E-state index contributed by atoms with van der Waals surface area (Å²) in [7, 11) is 0. The summed E-state index contributed by atoms with van der Waals surface area (Å²) in [5, 5.41) is 0. The number of hydrogen-bond donors (Lipinski definition) is 0. The molecule has 3 aromatic carbocycles. The molecular weight excluding hydrogens is 391 g/mol. The highest BCUT2D eigenvalue weighted by Gasteiger charge is 2.18. The van der Waals surface area contributed by atoms with Crippen LogP contribution in [-0.4, -0.2) is 0 Å².